The number of halogens is 2. The van der Waals surface area contributed by atoms with E-state index in [-0.39, 0.29) is 6.54 Å². The molecule has 2 aromatic rings. The molecule has 0 aliphatic heterocycles. The fraction of sp³-hybridized carbons (Fsp3) is 0.286. The van der Waals surface area contributed by atoms with Crippen LogP contribution in [0.15, 0.2) is 30.5 Å². The Bertz CT molecular complexity index is 637. The summed E-state index contributed by atoms with van der Waals surface area (Å²) in [6, 6.07) is 7.15. The average molecular weight is 280 g/mol. The molecule has 20 heavy (non-hydrogen) atoms. The fourth-order valence-corrected chi connectivity index (χ4v) is 2.08. The van der Waals surface area contributed by atoms with E-state index in [1.54, 1.807) is 35.0 Å². The van der Waals surface area contributed by atoms with Gasteiger partial charge in [-0.25, -0.2) is 8.78 Å². The predicted molar refractivity (Wildman–Crippen MR) is 71.0 cm³/mol. The number of amides is 1. The van der Waals surface area contributed by atoms with Crippen molar-refractivity contribution in [1.82, 2.24) is 9.47 Å². The predicted octanol–water partition coefficient (Wildman–Crippen LogP) is 2.18. The fourth-order valence-electron chi connectivity index (χ4n) is 2.08. The third-order valence-electron chi connectivity index (χ3n) is 3.09. The van der Waals surface area contributed by atoms with Gasteiger partial charge in [-0.1, -0.05) is 18.2 Å². The van der Waals surface area contributed by atoms with E-state index in [2.05, 4.69) is 0 Å². The molecule has 0 aliphatic carbocycles. The first-order valence-corrected chi connectivity index (χ1v) is 6.08. The van der Waals surface area contributed by atoms with E-state index in [0.29, 0.717) is 11.8 Å². The highest BCUT2D eigenvalue weighted by atomic mass is 19.3. The van der Waals surface area contributed by atoms with Crippen molar-refractivity contribution in [3.05, 3.63) is 36.0 Å². The van der Waals surface area contributed by atoms with Crippen LogP contribution in [0.25, 0.3) is 10.9 Å². The number of carbonyl (C=O) groups excluding carboxylic acids is 2. The second-order valence-electron chi connectivity index (χ2n) is 4.51. The van der Waals surface area contributed by atoms with Crippen molar-refractivity contribution in [1.29, 1.82) is 0 Å². The maximum atomic E-state index is 12.2. The van der Waals surface area contributed by atoms with E-state index in [0.717, 1.165) is 15.8 Å². The monoisotopic (exact) mass is 280 g/mol. The molecule has 0 saturated carbocycles. The first kappa shape index (κ1) is 14.2. The topological polar surface area (TPSA) is 42.3 Å². The number of para-hydroxylation sites is 1. The van der Waals surface area contributed by atoms with Gasteiger partial charge in [0.15, 0.2) is 6.29 Å². The van der Waals surface area contributed by atoms with E-state index in [4.69, 9.17) is 0 Å². The summed E-state index contributed by atoms with van der Waals surface area (Å²) in [6.07, 6.45) is -0.284. The largest absolute Gasteiger partial charge is 0.338 e. The van der Waals surface area contributed by atoms with Crippen LogP contribution in [0.5, 0.6) is 0 Å². The molecule has 0 spiro atoms. The number of alkyl halides is 2. The molecule has 1 aromatic carbocycles. The smallest absolute Gasteiger partial charge is 0.255 e. The molecule has 0 aliphatic rings. The van der Waals surface area contributed by atoms with Crippen molar-refractivity contribution in [2.45, 2.75) is 13.0 Å². The molecule has 0 unspecified atom stereocenters. The second-order valence-corrected chi connectivity index (χ2v) is 4.51. The molecule has 106 valence electrons. The number of carbonyl (C=O) groups is 2. The Kier molecular flexibility index (Phi) is 4.12. The van der Waals surface area contributed by atoms with Gasteiger partial charge < -0.3 is 9.47 Å². The van der Waals surface area contributed by atoms with Crippen LogP contribution < -0.4 is 0 Å². The number of hydrogen-bond acceptors (Lipinski definition) is 2. The van der Waals surface area contributed by atoms with Crippen molar-refractivity contribution in [2.24, 2.45) is 0 Å². The van der Waals surface area contributed by atoms with Crippen LogP contribution in [-0.2, 0) is 11.3 Å². The lowest BCUT2D eigenvalue weighted by atomic mass is 10.2. The van der Waals surface area contributed by atoms with Crippen LogP contribution in [0.4, 0.5) is 8.78 Å². The van der Waals surface area contributed by atoms with Gasteiger partial charge in [0.1, 0.15) is 6.54 Å². The number of rotatable bonds is 5. The van der Waals surface area contributed by atoms with E-state index >= 15 is 0 Å². The maximum absolute atomic E-state index is 12.2. The zero-order valence-electron chi connectivity index (χ0n) is 10.9. The zero-order chi connectivity index (χ0) is 14.7. The molecule has 2 rings (SSSR count). The van der Waals surface area contributed by atoms with Crippen molar-refractivity contribution < 1.29 is 18.4 Å². The minimum Gasteiger partial charge on any atom is -0.338 e. The number of benzene rings is 1. The number of fused-ring (bicyclic) bond motifs is 1. The van der Waals surface area contributed by atoms with Gasteiger partial charge in [-0.05, 0) is 6.07 Å². The van der Waals surface area contributed by atoms with Crippen molar-refractivity contribution in [3.8, 4) is 0 Å². The van der Waals surface area contributed by atoms with Crippen LogP contribution in [-0.4, -0.2) is 41.7 Å². The molecule has 4 nitrogen and oxygen atoms in total. The maximum Gasteiger partial charge on any atom is 0.255 e. The Morgan fingerprint density at radius 3 is 2.75 bits per heavy atom. The lowest BCUT2D eigenvalue weighted by Gasteiger charge is -2.17. The van der Waals surface area contributed by atoms with Gasteiger partial charge in [-0.2, -0.15) is 0 Å². The number of hydrogen-bond donors (Lipinski definition) is 0. The summed E-state index contributed by atoms with van der Waals surface area (Å²) >= 11 is 0. The van der Waals surface area contributed by atoms with E-state index in [1.807, 2.05) is 0 Å². The summed E-state index contributed by atoms with van der Waals surface area (Å²) in [6.45, 7) is -0.670. The van der Waals surface area contributed by atoms with Crippen LogP contribution in [0.3, 0.4) is 0 Å². The molecule has 0 saturated heterocycles. The van der Waals surface area contributed by atoms with E-state index in [1.165, 1.54) is 7.05 Å². The highest BCUT2D eigenvalue weighted by molar-refractivity contribution is 5.98. The third kappa shape index (κ3) is 2.84. The molecule has 1 aromatic heterocycles. The minimum atomic E-state index is -2.56. The van der Waals surface area contributed by atoms with Crippen molar-refractivity contribution >= 4 is 23.1 Å². The minimum absolute atomic E-state index is 0.0719. The van der Waals surface area contributed by atoms with Gasteiger partial charge in [0, 0.05) is 29.7 Å². The number of aldehydes is 1. The molecule has 0 atom stereocenters. The number of nitrogens with zero attached hydrogens (tertiary/aromatic N) is 2. The Morgan fingerprint density at radius 2 is 2.10 bits per heavy atom. The van der Waals surface area contributed by atoms with Gasteiger partial charge >= 0.3 is 0 Å². The number of likely N-dealkylation sites (N-methyl/N-ethyl adjacent to an activating group) is 1. The lowest BCUT2D eigenvalue weighted by molar-refractivity contribution is -0.132. The van der Waals surface area contributed by atoms with Gasteiger partial charge in [0.2, 0.25) is 5.91 Å². The van der Waals surface area contributed by atoms with Crippen molar-refractivity contribution in [3.63, 3.8) is 0 Å². The van der Waals surface area contributed by atoms with Crippen LogP contribution in [0, 0.1) is 0 Å². The molecular weight excluding hydrogens is 266 g/mol. The standard InChI is InChI=1S/C14H14F2N2O2/c1-17(7-13(15)16)14(20)8-18-6-10(9-19)11-4-2-3-5-12(11)18/h2-6,9,13H,7-8H2,1H3. The number of aromatic nitrogens is 1. The zero-order valence-corrected chi connectivity index (χ0v) is 10.9. The molecule has 0 fully saturated rings. The van der Waals surface area contributed by atoms with Crippen LogP contribution in [0.2, 0.25) is 0 Å². The summed E-state index contributed by atoms with van der Waals surface area (Å²) in [4.78, 5) is 23.8. The first-order chi connectivity index (χ1) is 9.52. The Morgan fingerprint density at radius 1 is 1.40 bits per heavy atom. The Balaban J connectivity index is 2.26. The average Bonchev–Trinajstić information content (AvgIpc) is 2.76. The second kappa shape index (κ2) is 5.81. The molecule has 1 heterocycles. The molecular formula is C14H14F2N2O2. The van der Waals surface area contributed by atoms with Gasteiger partial charge in [0.05, 0.1) is 6.54 Å². The lowest BCUT2D eigenvalue weighted by Crippen LogP contribution is -2.33. The Labute approximate surface area is 114 Å². The van der Waals surface area contributed by atoms with Gasteiger partial charge in [0.25, 0.3) is 6.43 Å². The SMILES string of the molecule is CN(CC(F)F)C(=O)Cn1cc(C=O)c2ccccc21. The van der Waals surface area contributed by atoms with Gasteiger partial charge in [-0.3, -0.25) is 9.59 Å². The van der Waals surface area contributed by atoms with Crippen LogP contribution >= 0.6 is 0 Å². The summed E-state index contributed by atoms with van der Waals surface area (Å²) in [5.74, 6) is -0.427. The summed E-state index contributed by atoms with van der Waals surface area (Å²) < 4.78 is 26.1. The highest BCUT2D eigenvalue weighted by Gasteiger charge is 2.16. The normalized spacial score (nSPS) is 11.0. The van der Waals surface area contributed by atoms with E-state index < -0.39 is 18.9 Å². The van der Waals surface area contributed by atoms with Crippen molar-refractivity contribution in [2.75, 3.05) is 13.6 Å². The summed E-state index contributed by atoms with van der Waals surface area (Å²) in [7, 11) is 1.33. The van der Waals surface area contributed by atoms with Crippen LogP contribution in [0.1, 0.15) is 10.4 Å². The first-order valence-electron chi connectivity index (χ1n) is 6.08. The molecule has 1 amide bonds. The van der Waals surface area contributed by atoms with Gasteiger partial charge in [-0.15, -0.1) is 0 Å². The third-order valence-corrected chi connectivity index (χ3v) is 3.09. The quantitative estimate of drug-likeness (QED) is 0.788. The Hall–Kier alpha value is -2.24. The summed E-state index contributed by atoms with van der Waals surface area (Å²) in [5.41, 5.74) is 1.21. The molecule has 0 N–H and O–H groups in total. The highest BCUT2D eigenvalue weighted by Crippen LogP contribution is 2.20. The molecule has 0 radical (unpaired) electrons. The molecule has 6 heteroatoms. The summed E-state index contributed by atoms with van der Waals surface area (Å²) in [5, 5.41) is 0.742. The molecule has 0 bridgehead atoms. The van der Waals surface area contributed by atoms with E-state index in [9.17, 15) is 18.4 Å².